The average molecular weight is 397 g/mol. The van der Waals surface area contributed by atoms with Crippen molar-refractivity contribution < 1.29 is 14.3 Å². The Kier molecular flexibility index (Phi) is 3.62. The Balaban J connectivity index is 1.58. The number of Topliss-reactive ketones (excluding diaryl/α,β-unsaturated/α-hetero) is 1. The predicted molar refractivity (Wildman–Crippen MR) is 112 cm³/mol. The number of furan rings is 1. The Morgan fingerprint density at radius 1 is 1.03 bits per heavy atom. The number of benzene rings is 2. The zero-order valence-electron chi connectivity index (χ0n) is 16.1. The van der Waals surface area contributed by atoms with Crippen LogP contribution in [0.5, 0.6) is 5.75 Å². The molecule has 0 bridgehead atoms. The van der Waals surface area contributed by atoms with Crippen LogP contribution >= 0.6 is 0 Å². The summed E-state index contributed by atoms with van der Waals surface area (Å²) < 4.78 is 7.61. The number of aromatic nitrogens is 2. The molecule has 1 aliphatic heterocycles. The maximum Gasteiger partial charge on any atom is 0.209 e. The molecule has 2 aliphatic rings. The number of rotatable bonds is 2. The molecule has 1 aliphatic carbocycles. The zero-order valence-corrected chi connectivity index (χ0v) is 16.1. The second kappa shape index (κ2) is 6.35. The SMILES string of the molecule is O=C1C[C@H](c2ccco2)CC2=C1[C@@H](c1ccccc1O)n1c(nc3ccccc31)N2. The fourth-order valence-corrected chi connectivity index (χ4v) is 4.76. The topological polar surface area (TPSA) is 80.3 Å². The summed E-state index contributed by atoms with van der Waals surface area (Å²) in [6.45, 7) is 0. The monoisotopic (exact) mass is 397 g/mol. The lowest BCUT2D eigenvalue weighted by atomic mass is 9.79. The number of carbonyl (C=O) groups excluding carboxylic acids is 1. The van der Waals surface area contributed by atoms with E-state index in [0.29, 0.717) is 29.9 Å². The molecule has 0 radical (unpaired) electrons. The molecular formula is C24H19N3O3. The third-order valence-electron chi connectivity index (χ3n) is 6.07. The Labute approximate surface area is 172 Å². The molecule has 0 amide bonds. The van der Waals surface area contributed by atoms with Crippen LogP contribution in [0.3, 0.4) is 0 Å². The van der Waals surface area contributed by atoms with Crippen LogP contribution in [0.4, 0.5) is 5.95 Å². The van der Waals surface area contributed by atoms with Crippen LogP contribution < -0.4 is 5.32 Å². The number of para-hydroxylation sites is 3. The molecule has 2 atom stereocenters. The summed E-state index contributed by atoms with van der Waals surface area (Å²) in [6.07, 6.45) is 2.67. The Morgan fingerprint density at radius 3 is 2.70 bits per heavy atom. The van der Waals surface area contributed by atoms with E-state index in [1.165, 1.54) is 0 Å². The van der Waals surface area contributed by atoms with E-state index in [9.17, 15) is 9.90 Å². The van der Waals surface area contributed by atoms with Crippen molar-refractivity contribution in [2.24, 2.45) is 0 Å². The van der Waals surface area contributed by atoms with Crippen molar-refractivity contribution in [2.45, 2.75) is 24.8 Å². The first-order valence-corrected chi connectivity index (χ1v) is 10.0. The van der Waals surface area contributed by atoms with Crippen molar-refractivity contribution in [3.63, 3.8) is 0 Å². The lowest BCUT2D eigenvalue weighted by Crippen LogP contribution is -2.33. The number of carbonyl (C=O) groups is 1. The van der Waals surface area contributed by atoms with Crippen molar-refractivity contribution in [2.75, 3.05) is 5.32 Å². The van der Waals surface area contributed by atoms with Crippen molar-refractivity contribution in [3.05, 3.63) is 89.5 Å². The van der Waals surface area contributed by atoms with E-state index in [1.54, 1.807) is 18.4 Å². The standard InChI is InChI=1S/C24H19N3O3/c28-19-9-4-1-6-15(19)23-22-17(12-14(13-20(22)29)21-10-5-11-30-21)26-24-25-16-7-2-3-8-18(16)27(23)24/h1-11,14,23,28H,12-13H2,(H,25,26)/t14-,23-/m1/s1. The van der Waals surface area contributed by atoms with Crippen LogP contribution in [0, 0.1) is 0 Å². The summed E-state index contributed by atoms with van der Waals surface area (Å²) in [6, 6.07) is 18.4. The number of aromatic hydroxyl groups is 1. The normalized spacial score (nSPS) is 20.7. The number of nitrogens with zero attached hydrogens (tertiary/aromatic N) is 2. The summed E-state index contributed by atoms with van der Waals surface area (Å²) in [5.74, 6) is 1.70. The maximum atomic E-state index is 13.4. The van der Waals surface area contributed by atoms with E-state index in [4.69, 9.17) is 9.40 Å². The number of nitrogens with one attached hydrogen (secondary N) is 1. The van der Waals surface area contributed by atoms with Gasteiger partial charge in [-0.3, -0.25) is 9.36 Å². The summed E-state index contributed by atoms with van der Waals surface area (Å²) >= 11 is 0. The molecule has 2 N–H and O–H groups in total. The van der Waals surface area contributed by atoms with Crippen molar-refractivity contribution in [3.8, 4) is 5.75 Å². The minimum atomic E-state index is -0.435. The number of phenols is 1. The second-order valence-corrected chi connectivity index (χ2v) is 7.82. The number of phenolic OH excluding ortho intramolecular Hbond substituents is 1. The van der Waals surface area contributed by atoms with Crippen LogP contribution in [0.25, 0.3) is 11.0 Å². The lowest BCUT2D eigenvalue weighted by Gasteiger charge is -2.36. The highest BCUT2D eigenvalue weighted by atomic mass is 16.3. The summed E-state index contributed by atoms with van der Waals surface area (Å²) in [7, 11) is 0. The molecule has 0 fully saturated rings. The molecule has 148 valence electrons. The molecule has 0 saturated carbocycles. The van der Waals surface area contributed by atoms with Gasteiger partial charge in [-0.15, -0.1) is 0 Å². The first kappa shape index (κ1) is 17.1. The van der Waals surface area contributed by atoms with Gasteiger partial charge < -0.3 is 14.8 Å². The summed E-state index contributed by atoms with van der Waals surface area (Å²) in [5, 5.41) is 14.1. The first-order valence-electron chi connectivity index (χ1n) is 10.0. The molecule has 6 heteroatoms. The fourth-order valence-electron chi connectivity index (χ4n) is 4.76. The number of hydrogen-bond acceptors (Lipinski definition) is 5. The molecule has 0 unspecified atom stereocenters. The van der Waals surface area contributed by atoms with Gasteiger partial charge in [-0.1, -0.05) is 30.3 Å². The Hall–Kier alpha value is -3.80. The van der Waals surface area contributed by atoms with Gasteiger partial charge in [-0.05, 0) is 36.8 Å². The van der Waals surface area contributed by atoms with Crippen LogP contribution in [0.1, 0.15) is 36.1 Å². The number of hydrogen-bond donors (Lipinski definition) is 2. The number of imidazole rings is 1. The minimum absolute atomic E-state index is 0.0142. The number of ketones is 1. The van der Waals surface area contributed by atoms with Gasteiger partial charge in [0.2, 0.25) is 5.95 Å². The largest absolute Gasteiger partial charge is 0.508 e. The highest BCUT2D eigenvalue weighted by Gasteiger charge is 2.40. The number of allylic oxidation sites excluding steroid dienone is 2. The van der Waals surface area contributed by atoms with Gasteiger partial charge in [0.15, 0.2) is 5.78 Å². The van der Waals surface area contributed by atoms with Crippen LogP contribution in [-0.2, 0) is 4.79 Å². The van der Waals surface area contributed by atoms with Crippen molar-refractivity contribution in [1.82, 2.24) is 9.55 Å². The zero-order chi connectivity index (χ0) is 20.2. The molecule has 2 aromatic carbocycles. The van der Waals surface area contributed by atoms with Crippen LogP contribution in [-0.4, -0.2) is 20.4 Å². The van der Waals surface area contributed by atoms with E-state index in [0.717, 1.165) is 22.5 Å². The quantitative estimate of drug-likeness (QED) is 0.510. The van der Waals surface area contributed by atoms with Gasteiger partial charge >= 0.3 is 0 Å². The van der Waals surface area contributed by atoms with Gasteiger partial charge in [-0.25, -0.2) is 4.98 Å². The Morgan fingerprint density at radius 2 is 1.87 bits per heavy atom. The highest BCUT2D eigenvalue weighted by molar-refractivity contribution is 6.01. The van der Waals surface area contributed by atoms with Gasteiger partial charge in [0.25, 0.3) is 0 Å². The van der Waals surface area contributed by atoms with Gasteiger partial charge in [0.1, 0.15) is 11.5 Å². The summed E-state index contributed by atoms with van der Waals surface area (Å²) in [4.78, 5) is 18.2. The van der Waals surface area contributed by atoms with Crippen molar-refractivity contribution >= 4 is 22.8 Å². The summed E-state index contributed by atoms with van der Waals surface area (Å²) in [5.41, 5.74) is 4.00. The van der Waals surface area contributed by atoms with E-state index >= 15 is 0 Å². The second-order valence-electron chi connectivity index (χ2n) is 7.82. The molecular weight excluding hydrogens is 378 g/mol. The van der Waals surface area contributed by atoms with E-state index in [1.807, 2.05) is 53.1 Å². The van der Waals surface area contributed by atoms with Crippen LogP contribution in [0.2, 0.25) is 0 Å². The molecule has 30 heavy (non-hydrogen) atoms. The molecule has 0 spiro atoms. The molecule has 2 aromatic heterocycles. The van der Waals surface area contributed by atoms with Crippen LogP contribution in [0.15, 0.2) is 82.6 Å². The molecule has 6 rings (SSSR count). The highest BCUT2D eigenvalue weighted by Crippen LogP contribution is 2.47. The first-order chi connectivity index (χ1) is 14.7. The minimum Gasteiger partial charge on any atom is -0.508 e. The molecule has 3 heterocycles. The smallest absolute Gasteiger partial charge is 0.209 e. The van der Waals surface area contributed by atoms with Gasteiger partial charge in [-0.2, -0.15) is 0 Å². The number of anilines is 1. The predicted octanol–water partition coefficient (Wildman–Crippen LogP) is 4.75. The molecule has 4 aromatic rings. The lowest BCUT2D eigenvalue weighted by molar-refractivity contribution is -0.116. The fraction of sp³-hybridized carbons (Fsp3) is 0.167. The average Bonchev–Trinajstić information content (AvgIpc) is 3.40. The number of fused-ring (bicyclic) bond motifs is 3. The van der Waals surface area contributed by atoms with Crippen molar-refractivity contribution in [1.29, 1.82) is 0 Å². The van der Waals surface area contributed by atoms with Gasteiger partial charge in [0, 0.05) is 29.2 Å². The molecule has 0 saturated heterocycles. The third kappa shape index (κ3) is 2.43. The van der Waals surface area contributed by atoms with Gasteiger partial charge in [0.05, 0.1) is 23.3 Å². The molecule has 6 nitrogen and oxygen atoms in total. The van der Waals surface area contributed by atoms with E-state index in [2.05, 4.69) is 5.32 Å². The Bertz CT molecular complexity index is 1320. The maximum absolute atomic E-state index is 13.4. The van der Waals surface area contributed by atoms with E-state index < -0.39 is 6.04 Å². The van der Waals surface area contributed by atoms with E-state index in [-0.39, 0.29) is 17.5 Å². The third-order valence-corrected chi connectivity index (χ3v) is 6.07.